The Balaban J connectivity index is 1.62. The largest absolute Gasteiger partial charge is 0.490 e. The number of hydrogen-bond acceptors (Lipinski definition) is 7. The first-order chi connectivity index (χ1) is 15.1. The molecule has 1 aliphatic rings. The average Bonchev–Trinajstić information content (AvgIpc) is 3.25. The zero-order chi connectivity index (χ0) is 21.8. The van der Waals surface area contributed by atoms with Crippen LogP contribution in [-0.2, 0) is 4.79 Å². The molecule has 31 heavy (non-hydrogen) atoms. The minimum absolute atomic E-state index is 0.105. The van der Waals surface area contributed by atoms with Gasteiger partial charge in [0, 0.05) is 43.5 Å². The van der Waals surface area contributed by atoms with Crippen molar-refractivity contribution in [2.75, 3.05) is 44.3 Å². The highest BCUT2D eigenvalue weighted by molar-refractivity contribution is 5.93. The second kappa shape index (κ2) is 8.74. The molecule has 3 aromatic rings. The number of piperazine rings is 1. The summed E-state index contributed by atoms with van der Waals surface area (Å²) in [4.78, 5) is 20.0. The molecular formula is C22H20N6O3. The molecule has 0 unspecified atom stereocenters. The number of aromatic nitrogens is 3. The topological polar surface area (TPSA) is 107 Å². The molecule has 0 atom stereocenters. The van der Waals surface area contributed by atoms with Gasteiger partial charge < -0.3 is 19.6 Å². The van der Waals surface area contributed by atoms with E-state index < -0.39 is 0 Å². The molecule has 0 aliphatic carbocycles. The number of nitriles is 1. The van der Waals surface area contributed by atoms with Crippen LogP contribution in [0.3, 0.4) is 0 Å². The van der Waals surface area contributed by atoms with Gasteiger partial charge in [-0.25, -0.2) is 9.50 Å². The number of anilines is 1. The number of terminal acetylenes is 1. The van der Waals surface area contributed by atoms with Gasteiger partial charge in [0.1, 0.15) is 24.2 Å². The Bertz CT molecular complexity index is 1180. The molecule has 0 bridgehead atoms. The van der Waals surface area contributed by atoms with Crippen LogP contribution in [0.1, 0.15) is 5.56 Å². The lowest BCUT2D eigenvalue weighted by atomic mass is 10.1. The smallest absolute Gasteiger partial charge is 0.298 e. The van der Waals surface area contributed by atoms with E-state index in [2.05, 4.69) is 27.0 Å². The van der Waals surface area contributed by atoms with Crippen molar-refractivity contribution in [1.29, 1.82) is 5.26 Å². The number of aliphatic hydroxyl groups excluding tert-OH is 1. The molecule has 0 radical (unpaired) electrons. The molecule has 156 valence electrons. The van der Waals surface area contributed by atoms with E-state index in [9.17, 15) is 10.1 Å². The van der Waals surface area contributed by atoms with Gasteiger partial charge in [0.25, 0.3) is 5.91 Å². The Morgan fingerprint density at radius 2 is 2.06 bits per heavy atom. The lowest BCUT2D eigenvalue weighted by Gasteiger charge is -2.34. The summed E-state index contributed by atoms with van der Waals surface area (Å²) in [6, 6.07) is 7.82. The van der Waals surface area contributed by atoms with Crippen LogP contribution < -0.4 is 9.64 Å². The predicted octanol–water partition coefficient (Wildman–Crippen LogP) is 0.921. The van der Waals surface area contributed by atoms with E-state index in [4.69, 9.17) is 16.3 Å². The highest BCUT2D eigenvalue weighted by Gasteiger charge is 2.21. The molecule has 1 saturated heterocycles. The highest BCUT2D eigenvalue weighted by atomic mass is 16.5. The minimum Gasteiger partial charge on any atom is -0.490 e. The van der Waals surface area contributed by atoms with Crippen LogP contribution in [-0.4, -0.2) is 69.9 Å². The van der Waals surface area contributed by atoms with Crippen molar-refractivity contribution in [3.8, 4) is 35.3 Å². The van der Waals surface area contributed by atoms with E-state index in [1.807, 2.05) is 18.2 Å². The van der Waals surface area contributed by atoms with Gasteiger partial charge in [0.15, 0.2) is 0 Å². The zero-order valence-corrected chi connectivity index (χ0v) is 16.7. The highest BCUT2D eigenvalue weighted by Crippen LogP contribution is 2.31. The summed E-state index contributed by atoms with van der Waals surface area (Å²) < 4.78 is 7.15. The summed E-state index contributed by atoms with van der Waals surface area (Å²) in [6.07, 6.45) is 10.1. The van der Waals surface area contributed by atoms with Gasteiger partial charge in [0.2, 0.25) is 0 Å². The number of amides is 1. The third-order valence-electron chi connectivity index (χ3n) is 5.14. The number of pyridine rings is 2. The quantitative estimate of drug-likeness (QED) is 0.617. The molecule has 3 aromatic heterocycles. The van der Waals surface area contributed by atoms with Crippen molar-refractivity contribution in [2.24, 2.45) is 0 Å². The summed E-state index contributed by atoms with van der Waals surface area (Å²) in [5.74, 6) is 3.20. The van der Waals surface area contributed by atoms with E-state index in [1.165, 1.54) is 6.20 Å². The monoisotopic (exact) mass is 416 g/mol. The Morgan fingerprint density at radius 1 is 1.26 bits per heavy atom. The van der Waals surface area contributed by atoms with Crippen molar-refractivity contribution in [2.45, 2.75) is 0 Å². The van der Waals surface area contributed by atoms with Gasteiger partial charge in [-0.15, -0.1) is 6.42 Å². The van der Waals surface area contributed by atoms with Crippen molar-refractivity contribution >= 4 is 17.2 Å². The molecule has 9 nitrogen and oxygen atoms in total. The first-order valence-corrected chi connectivity index (χ1v) is 9.76. The lowest BCUT2D eigenvalue weighted by Crippen LogP contribution is -2.48. The van der Waals surface area contributed by atoms with E-state index in [0.29, 0.717) is 43.0 Å². The number of rotatable bonds is 5. The van der Waals surface area contributed by atoms with Gasteiger partial charge in [-0.05, 0) is 24.1 Å². The number of aliphatic hydroxyl groups is 1. The standard InChI is InChI=1S/C22H20N6O3/c1-2-21(30)27-7-5-26(6-8-27)20-4-3-16(13-24-20)19-11-18(31-10-9-29)15-28-22(19)17(12-23)14-25-28/h1,3-4,11,13-15,29H,5-10H2. The number of hydrogen-bond donors (Lipinski definition) is 1. The van der Waals surface area contributed by atoms with Crippen molar-refractivity contribution in [1.82, 2.24) is 19.5 Å². The molecule has 1 N–H and O–H groups in total. The fraction of sp³-hybridized carbons (Fsp3) is 0.273. The fourth-order valence-electron chi connectivity index (χ4n) is 3.60. The van der Waals surface area contributed by atoms with E-state index in [1.54, 1.807) is 21.8 Å². The van der Waals surface area contributed by atoms with E-state index >= 15 is 0 Å². The van der Waals surface area contributed by atoms with Crippen LogP contribution in [0.5, 0.6) is 5.75 Å². The van der Waals surface area contributed by atoms with Gasteiger partial charge in [-0.1, -0.05) is 0 Å². The first-order valence-electron chi connectivity index (χ1n) is 9.76. The SMILES string of the molecule is C#CC(=O)N1CCN(c2ccc(-c3cc(OCCO)cn4ncc(C#N)c34)cn2)CC1. The van der Waals surface area contributed by atoms with Crippen LogP contribution in [0.25, 0.3) is 16.6 Å². The van der Waals surface area contributed by atoms with Gasteiger partial charge >= 0.3 is 0 Å². The maximum atomic E-state index is 11.6. The van der Waals surface area contributed by atoms with Gasteiger partial charge in [-0.3, -0.25) is 4.79 Å². The summed E-state index contributed by atoms with van der Waals surface area (Å²) in [5.41, 5.74) is 2.67. The van der Waals surface area contributed by atoms with Crippen LogP contribution in [0.2, 0.25) is 0 Å². The second-order valence-electron chi connectivity index (χ2n) is 6.95. The molecule has 0 aromatic carbocycles. The summed E-state index contributed by atoms with van der Waals surface area (Å²) >= 11 is 0. The van der Waals surface area contributed by atoms with Crippen molar-refractivity contribution < 1.29 is 14.6 Å². The van der Waals surface area contributed by atoms with Crippen LogP contribution in [0.4, 0.5) is 5.82 Å². The minimum atomic E-state index is -0.288. The molecule has 4 heterocycles. The molecule has 0 saturated carbocycles. The normalized spacial score (nSPS) is 13.6. The number of nitrogens with zero attached hydrogens (tertiary/aromatic N) is 6. The molecule has 0 spiro atoms. The third kappa shape index (κ3) is 4.00. The molecular weight excluding hydrogens is 396 g/mol. The first kappa shape index (κ1) is 20.2. The van der Waals surface area contributed by atoms with Crippen LogP contribution in [0, 0.1) is 23.7 Å². The summed E-state index contributed by atoms with van der Waals surface area (Å²) in [6.45, 7) is 2.46. The Kier molecular flexibility index (Phi) is 5.69. The molecule has 9 heteroatoms. The lowest BCUT2D eigenvalue weighted by molar-refractivity contribution is -0.125. The Hall–Kier alpha value is -4.08. The zero-order valence-electron chi connectivity index (χ0n) is 16.7. The van der Waals surface area contributed by atoms with Crippen molar-refractivity contribution in [3.63, 3.8) is 0 Å². The van der Waals surface area contributed by atoms with Crippen molar-refractivity contribution in [3.05, 3.63) is 42.4 Å². The maximum absolute atomic E-state index is 11.6. The van der Waals surface area contributed by atoms with Gasteiger partial charge in [-0.2, -0.15) is 10.4 Å². The summed E-state index contributed by atoms with van der Waals surface area (Å²) in [7, 11) is 0. The fourth-order valence-corrected chi connectivity index (χ4v) is 3.60. The number of fused-ring (bicyclic) bond motifs is 1. The molecule has 4 rings (SSSR count). The van der Waals surface area contributed by atoms with E-state index in [-0.39, 0.29) is 19.1 Å². The summed E-state index contributed by atoms with van der Waals surface area (Å²) in [5, 5.41) is 22.8. The molecule has 1 aliphatic heterocycles. The Morgan fingerprint density at radius 3 is 2.71 bits per heavy atom. The number of ether oxygens (including phenoxy) is 1. The number of carbonyl (C=O) groups is 1. The third-order valence-corrected chi connectivity index (χ3v) is 5.14. The second-order valence-corrected chi connectivity index (χ2v) is 6.95. The maximum Gasteiger partial charge on any atom is 0.298 e. The average molecular weight is 416 g/mol. The van der Waals surface area contributed by atoms with Crippen LogP contribution in [0.15, 0.2) is 36.8 Å². The number of carbonyl (C=O) groups excluding carboxylic acids is 1. The van der Waals surface area contributed by atoms with Crippen LogP contribution >= 0.6 is 0 Å². The Labute approximate surface area is 179 Å². The molecule has 1 fully saturated rings. The van der Waals surface area contributed by atoms with E-state index in [0.717, 1.165) is 16.9 Å². The molecule has 1 amide bonds. The van der Waals surface area contributed by atoms with Gasteiger partial charge in [0.05, 0.1) is 30.1 Å². The predicted molar refractivity (Wildman–Crippen MR) is 113 cm³/mol.